The second kappa shape index (κ2) is 10.5. The summed E-state index contributed by atoms with van der Waals surface area (Å²) in [4.78, 5) is 27.1. The summed E-state index contributed by atoms with van der Waals surface area (Å²) >= 11 is 3.52. The fourth-order valence-corrected chi connectivity index (χ4v) is 3.91. The monoisotopic (exact) mass is 486 g/mol. The lowest BCUT2D eigenvalue weighted by Gasteiger charge is -2.15. The highest BCUT2D eigenvalue weighted by Gasteiger charge is 2.21. The van der Waals surface area contributed by atoms with Crippen LogP contribution in [0.3, 0.4) is 0 Å². The lowest BCUT2D eigenvalue weighted by Crippen LogP contribution is -2.42. The highest BCUT2D eigenvalue weighted by Crippen LogP contribution is 2.29. The van der Waals surface area contributed by atoms with Crippen molar-refractivity contribution in [1.29, 1.82) is 0 Å². The van der Waals surface area contributed by atoms with Gasteiger partial charge in [-0.1, -0.05) is 38.1 Å². The molecular weight excluding hydrogens is 460 g/mol. The van der Waals surface area contributed by atoms with Crippen molar-refractivity contribution in [2.24, 2.45) is 0 Å². The van der Waals surface area contributed by atoms with Crippen molar-refractivity contribution in [2.45, 2.75) is 45.1 Å². The summed E-state index contributed by atoms with van der Waals surface area (Å²) in [5.74, 6) is -0.192. The van der Waals surface area contributed by atoms with Crippen molar-refractivity contribution >= 4 is 38.7 Å². The number of hydrogen-bond acceptors (Lipinski definition) is 3. The van der Waals surface area contributed by atoms with Gasteiger partial charge in [-0.25, -0.2) is 4.79 Å². The number of benzene rings is 2. The number of H-pyrrole nitrogens is 1. The number of fused-ring (bicyclic) bond motifs is 1. The first-order valence-electron chi connectivity index (χ1n) is 10.3. The molecule has 31 heavy (non-hydrogen) atoms. The minimum absolute atomic E-state index is 0.194. The molecule has 0 aliphatic heterocycles. The number of aromatic amines is 1. The fraction of sp³-hybridized carbons (Fsp3) is 0.333. The molecule has 1 amide bonds. The van der Waals surface area contributed by atoms with Crippen LogP contribution >= 0.6 is 15.9 Å². The molecule has 0 spiro atoms. The Labute approximate surface area is 190 Å². The molecule has 6 nitrogen and oxygen atoms in total. The van der Waals surface area contributed by atoms with Crippen LogP contribution in [0.1, 0.15) is 43.7 Å². The molecule has 0 radical (unpaired) electrons. The number of ether oxygens (including phenoxy) is 1. The van der Waals surface area contributed by atoms with E-state index in [0.717, 1.165) is 26.7 Å². The van der Waals surface area contributed by atoms with Crippen LogP contribution in [-0.2, 0) is 16.0 Å². The van der Waals surface area contributed by atoms with Crippen molar-refractivity contribution in [1.82, 2.24) is 10.3 Å². The first-order valence-corrected chi connectivity index (χ1v) is 11.1. The smallest absolute Gasteiger partial charge is 0.326 e. The Morgan fingerprint density at radius 3 is 2.68 bits per heavy atom. The molecule has 0 saturated heterocycles. The average molecular weight is 487 g/mol. The topological polar surface area (TPSA) is 91.4 Å². The number of carbonyl (C=O) groups excluding carboxylic acids is 1. The molecule has 0 fully saturated rings. The second-order valence-electron chi connectivity index (χ2n) is 7.82. The van der Waals surface area contributed by atoms with Gasteiger partial charge in [0.05, 0.1) is 11.1 Å². The number of aromatic nitrogens is 1. The Morgan fingerprint density at radius 2 is 1.97 bits per heavy atom. The zero-order chi connectivity index (χ0) is 22.4. The molecule has 3 N–H and O–H groups in total. The van der Waals surface area contributed by atoms with Crippen LogP contribution in [0, 0.1) is 0 Å². The molecule has 1 heterocycles. The van der Waals surface area contributed by atoms with E-state index < -0.39 is 12.0 Å². The Morgan fingerprint density at radius 1 is 1.19 bits per heavy atom. The van der Waals surface area contributed by atoms with Gasteiger partial charge in [0.15, 0.2) is 0 Å². The van der Waals surface area contributed by atoms with E-state index >= 15 is 0 Å². The summed E-state index contributed by atoms with van der Waals surface area (Å²) in [7, 11) is 0. The largest absolute Gasteiger partial charge is 0.492 e. The quantitative estimate of drug-likeness (QED) is 0.350. The highest BCUT2D eigenvalue weighted by molar-refractivity contribution is 9.10. The van der Waals surface area contributed by atoms with E-state index in [1.807, 2.05) is 42.5 Å². The SMILES string of the molecule is CC(C)c1ccc(OCCCC(=O)NC(Cc2c[nH]c3ccccc23)C(=O)O)c(Br)c1. The van der Waals surface area contributed by atoms with Gasteiger partial charge in [0.1, 0.15) is 11.8 Å². The van der Waals surface area contributed by atoms with Gasteiger partial charge in [-0.2, -0.15) is 0 Å². The van der Waals surface area contributed by atoms with Crippen LogP contribution in [0.2, 0.25) is 0 Å². The van der Waals surface area contributed by atoms with E-state index in [1.54, 1.807) is 6.20 Å². The molecule has 0 aliphatic carbocycles. The number of aliphatic carboxylic acids is 1. The van der Waals surface area contributed by atoms with Crippen LogP contribution in [0.5, 0.6) is 5.75 Å². The third-order valence-corrected chi connectivity index (χ3v) is 5.78. The number of carboxylic acids is 1. The Kier molecular flexibility index (Phi) is 7.74. The second-order valence-corrected chi connectivity index (χ2v) is 8.67. The maximum Gasteiger partial charge on any atom is 0.326 e. The van der Waals surface area contributed by atoms with Gasteiger partial charge < -0.3 is 20.1 Å². The Hall–Kier alpha value is -2.80. The Balaban J connectivity index is 1.49. The van der Waals surface area contributed by atoms with Crippen molar-refractivity contribution in [3.8, 4) is 5.75 Å². The summed E-state index contributed by atoms with van der Waals surface area (Å²) < 4.78 is 6.64. The van der Waals surface area contributed by atoms with Crippen molar-refractivity contribution in [2.75, 3.05) is 6.61 Å². The van der Waals surface area contributed by atoms with Gasteiger partial charge in [-0.3, -0.25) is 4.79 Å². The van der Waals surface area contributed by atoms with Gasteiger partial charge in [-0.15, -0.1) is 0 Å². The number of carboxylic acid groups (broad SMARTS) is 1. The van der Waals surface area contributed by atoms with Gasteiger partial charge in [0.2, 0.25) is 5.91 Å². The van der Waals surface area contributed by atoms with Crippen LogP contribution in [-0.4, -0.2) is 34.6 Å². The van der Waals surface area contributed by atoms with Crippen LogP contribution in [0.15, 0.2) is 53.1 Å². The van der Waals surface area contributed by atoms with Crippen molar-refractivity contribution < 1.29 is 19.4 Å². The van der Waals surface area contributed by atoms with Crippen LogP contribution < -0.4 is 10.1 Å². The fourth-order valence-electron chi connectivity index (χ4n) is 3.40. The van der Waals surface area contributed by atoms with Crippen LogP contribution in [0.4, 0.5) is 0 Å². The minimum Gasteiger partial charge on any atom is -0.492 e. The van der Waals surface area contributed by atoms with E-state index in [2.05, 4.69) is 40.1 Å². The molecule has 3 aromatic rings. The van der Waals surface area contributed by atoms with E-state index in [4.69, 9.17) is 4.74 Å². The highest BCUT2D eigenvalue weighted by atomic mass is 79.9. The lowest BCUT2D eigenvalue weighted by molar-refractivity contribution is -0.141. The minimum atomic E-state index is -1.05. The van der Waals surface area contributed by atoms with Gasteiger partial charge >= 0.3 is 5.97 Å². The third-order valence-electron chi connectivity index (χ3n) is 5.16. The first kappa shape index (κ1) is 22.9. The summed E-state index contributed by atoms with van der Waals surface area (Å²) in [6, 6.07) is 12.7. The summed E-state index contributed by atoms with van der Waals surface area (Å²) in [5, 5.41) is 13.1. The number of nitrogens with one attached hydrogen (secondary N) is 2. The zero-order valence-electron chi connectivity index (χ0n) is 17.7. The molecule has 1 unspecified atom stereocenters. The Bertz CT molecular complexity index is 1060. The molecule has 0 saturated carbocycles. The maximum atomic E-state index is 12.3. The van der Waals surface area contributed by atoms with Gasteiger partial charge in [-0.05, 0) is 57.6 Å². The molecule has 1 atom stereocenters. The predicted octanol–water partition coefficient (Wildman–Crippen LogP) is 5.02. The van der Waals surface area contributed by atoms with E-state index in [-0.39, 0.29) is 18.7 Å². The van der Waals surface area contributed by atoms with Crippen LogP contribution in [0.25, 0.3) is 10.9 Å². The summed E-state index contributed by atoms with van der Waals surface area (Å²) in [6.07, 6.45) is 2.70. The first-order chi connectivity index (χ1) is 14.8. The molecule has 164 valence electrons. The number of halogens is 1. The molecule has 0 aliphatic rings. The number of para-hydroxylation sites is 1. The average Bonchev–Trinajstić information content (AvgIpc) is 3.14. The summed E-state index contributed by atoms with van der Waals surface area (Å²) in [6.45, 7) is 4.63. The van der Waals surface area contributed by atoms with Gasteiger partial charge in [0.25, 0.3) is 0 Å². The molecule has 7 heteroatoms. The number of amides is 1. The van der Waals surface area contributed by atoms with Gasteiger partial charge in [0, 0.05) is 29.9 Å². The predicted molar refractivity (Wildman–Crippen MR) is 125 cm³/mol. The van der Waals surface area contributed by atoms with Crippen molar-refractivity contribution in [3.63, 3.8) is 0 Å². The molecule has 1 aromatic heterocycles. The molecular formula is C24H27BrN2O4. The van der Waals surface area contributed by atoms with E-state index in [9.17, 15) is 14.7 Å². The van der Waals surface area contributed by atoms with Crippen molar-refractivity contribution in [3.05, 3.63) is 64.3 Å². The summed E-state index contributed by atoms with van der Waals surface area (Å²) in [5.41, 5.74) is 3.02. The number of carbonyl (C=O) groups is 2. The number of rotatable bonds is 10. The lowest BCUT2D eigenvalue weighted by atomic mass is 10.0. The molecule has 2 aromatic carbocycles. The number of hydrogen-bond donors (Lipinski definition) is 3. The zero-order valence-corrected chi connectivity index (χ0v) is 19.2. The maximum absolute atomic E-state index is 12.3. The molecule has 0 bridgehead atoms. The third kappa shape index (κ3) is 6.10. The molecule has 3 rings (SSSR count). The van der Waals surface area contributed by atoms with E-state index in [0.29, 0.717) is 18.9 Å². The van der Waals surface area contributed by atoms with E-state index in [1.165, 1.54) is 5.56 Å². The normalized spacial score (nSPS) is 12.1. The standard InChI is InChI=1S/C24H27BrN2O4/c1-15(2)16-9-10-22(19(25)12-16)31-11-5-8-23(28)27-21(24(29)30)13-17-14-26-20-7-4-3-6-18(17)20/h3-4,6-7,9-10,12,14-15,21,26H,5,8,11,13H2,1-2H3,(H,27,28)(H,29,30).